The standard InChI is InChI=1S/C11H15N5O/c1-7-4-9(15(3)13-7)11-12-8-5-16(17)6-10(8)14(11)2/h4,17H,5-6H2,1-3H3. The number of imidazole rings is 1. The lowest BCUT2D eigenvalue weighted by Crippen LogP contribution is -2.12. The lowest BCUT2D eigenvalue weighted by molar-refractivity contribution is -0.0984. The van der Waals surface area contributed by atoms with Gasteiger partial charge in [0.2, 0.25) is 0 Å². The maximum atomic E-state index is 9.45. The summed E-state index contributed by atoms with van der Waals surface area (Å²) in [6.45, 7) is 3.01. The van der Waals surface area contributed by atoms with Gasteiger partial charge in [0.15, 0.2) is 5.82 Å². The van der Waals surface area contributed by atoms with Crippen molar-refractivity contribution in [3.8, 4) is 11.5 Å². The highest BCUT2D eigenvalue weighted by Crippen LogP contribution is 2.27. The molecule has 0 amide bonds. The predicted molar refractivity (Wildman–Crippen MR) is 61.2 cm³/mol. The molecule has 0 bridgehead atoms. The largest absolute Gasteiger partial charge is 0.328 e. The molecule has 0 fully saturated rings. The molecule has 0 saturated heterocycles. The second-order valence-corrected chi connectivity index (χ2v) is 4.51. The van der Waals surface area contributed by atoms with Crippen LogP contribution in [0, 0.1) is 6.92 Å². The van der Waals surface area contributed by atoms with E-state index in [-0.39, 0.29) is 0 Å². The van der Waals surface area contributed by atoms with Crippen LogP contribution >= 0.6 is 0 Å². The molecule has 0 spiro atoms. The number of aryl methyl sites for hydroxylation is 2. The summed E-state index contributed by atoms with van der Waals surface area (Å²) in [5, 5.41) is 15.1. The minimum absolute atomic E-state index is 0.500. The Hall–Kier alpha value is -1.66. The van der Waals surface area contributed by atoms with Gasteiger partial charge in [0, 0.05) is 14.1 Å². The summed E-state index contributed by atoms with van der Waals surface area (Å²) in [5.74, 6) is 0.909. The molecule has 1 aliphatic rings. The maximum absolute atomic E-state index is 9.45. The van der Waals surface area contributed by atoms with Crippen molar-refractivity contribution in [3.05, 3.63) is 23.1 Å². The topological polar surface area (TPSA) is 59.1 Å². The summed E-state index contributed by atoms with van der Waals surface area (Å²) in [6, 6.07) is 2.02. The van der Waals surface area contributed by atoms with E-state index in [1.165, 1.54) is 5.06 Å². The van der Waals surface area contributed by atoms with Crippen molar-refractivity contribution in [3.63, 3.8) is 0 Å². The van der Waals surface area contributed by atoms with Crippen LogP contribution in [0.15, 0.2) is 6.07 Å². The van der Waals surface area contributed by atoms with E-state index in [9.17, 15) is 5.21 Å². The Balaban J connectivity index is 2.12. The number of hydrogen-bond donors (Lipinski definition) is 1. The molecule has 0 aromatic carbocycles. The quantitative estimate of drug-likeness (QED) is 0.792. The van der Waals surface area contributed by atoms with Gasteiger partial charge in [0.1, 0.15) is 5.69 Å². The molecular formula is C11H15N5O. The fourth-order valence-electron chi connectivity index (χ4n) is 2.36. The van der Waals surface area contributed by atoms with Crippen molar-refractivity contribution in [2.24, 2.45) is 14.1 Å². The predicted octanol–water partition coefficient (Wildman–Crippen LogP) is 0.834. The Kier molecular flexibility index (Phi) is 2.11. The van der Waals surface area contributed by atoms with Gasteiger partial charge in [0.25, 0.3) is 0 Å². The van der Waals surface area contributed by atoms with Crippen molar-refractivity contribution in [2.75, 3.05) is 0 Å². The van der Waals surface area contributed by atoms with Crippen LogP contribution in [-0.4, -0.2) is 29.6 Å². The Bertz CT molecular complexity index is 583. The highest BCUT2D eigenvalue weighted by molar-refractivity contribution is 5.53. The molecule has 6 nitrogen and oxygen atoms in total. The van der Waals surface area contributed by atoms with Gasteiger partial charge in [-0.25, -0.2) is 4.98 Å². The fraction of sp³-hybridized carbons (Fsp3) is 0.455. The molecule has 1 aliphatic heterocycles. The van der Waals surface area contributed by atoms with E-state index >= 15 is 0 Å². The van der Waals surface area contributed by atoms with E-state index in [1.54, 1.807) is 0 Å². The van der Waals surface area contributed by atoms with Crippen molar-refractivity contribution in [1.29, 1.82) is 0 Å². The molecule has 3 heterocycles. The first-order valence-electron chi connectivity index (χ1n) is 5.55. The van der Waals surface area contributed by atoms with Crippen molar-refractivity contribution < 1.29 is 5.21 Å². The Morgan fingerprint density at radius 1 is 1.29 bits per heavy atom. The average Bonchev–Trinajstić information content (AvgIpc) is 2.84. The zero-order valence-corrected chi connectivity index (χ0v) is 10.2. The molecule has 3 rings (SSSR count). The van der Waals surface area contributed by atoms with E-state index in [2.05, 4.69) is 10.1 Å². The summed E-state index contributed by atoms with van der Waals surface area (Å²) in [4.78, 5) is 4.59. The van der Waals surface area contributed by atoms with Gasteiger partial charge in [-0.1, -0.05) is 0 Å². The van der Waals surface area contributed by atoms with Gasteiger partial charge < -0.3 is 9.77 Å². The van der Waals surface area contributed by atoms with E-state index in [4.69, 9.17) is 0 Å². The van der Waals surface area contributed by atoms with Crippen molar-refractivity contribution >= 4 is 0 Å². The molecule has 0 aliphatic carbocycles. The van der Waals surface area contributed by atoms with Gasteiger partial charge >= 0.3 is 0 Å². The summed E-state index contributed by atoms with van der Waals surface area (Å²) < 4.78 is 3.87. The molecule has 0 radical (unpaired) electrons. The van der Waals surface area contributed by atoms with Crippen LogP contribution in [0.1, 0.15) is 17.1 Å². The summed E-state index contributed by atoms with van der Waals surface area (Å²) >= 11 is 0. The summed E-state index contributed by atoms with van der Waals surface area (Å²) in [7, 11) is 3.89. The number of hydroxylamine groups is 2. The Morgan fingerprint density at radius 2 is 2.06 bits per heavy atom. The smallest absolute Gasteiger partial charge is 0.158 e. The van der Waals surface area contributed by atoms with Crippen LogP contribution in [0.3, 0.4) is 0 Å². The molecule has 2 aromatic rings. The SMILES string of the molecule is Cc1cc(-c2nc3c(n2C)CN(O)C3)n(C)n1. The molecule has 17 heavy (non-hydrogen) atoms. The van der Waals surface area contributed by atoms with Crippen molar-refractivity contribution in [1.82, 2.24) is 24.4 Å². The first-order valence-corrected chi connectivity index (χ1v) is 5.55. The van der Waals surface area contributed by atoms with Crippen LogP contribution < -0.4 is 0 Å². The maximum Gasteiger partial charge on any atom is 0.158 e. The zero-order chi connectivity index (χ0) is 12.2. The third-order valence-corrected chi connectivity index (χ3v) is 3.19. The number of fused-ring (bicyclic) bond motifs is 1. The second-order valence-electron chi connectivity index (χ2n) is 4.51. The van der Waals surface area contributed by atoms with Crippen LogP contribution in [0.4, 0.5) is 0 Å². The summed E-state index contributed by atoms with van der Waals surface area (Å²) in [6.07, 6.45) is 0. The highest BCUT2D eigenvalue weighted by atomic mass is 16.5. The number of nitrogens with zero attached hydrogens (tertiary/aromatic N) is 5. The second kappa shape index (κ2) is 3.41. The molecule has 6 heteroatoms. The third kappa shape index (κ3) is 1.49. The zero-order valence-electron chi connectivity index (χ0n) is 10.2. The molecule has 0 saturated carbocycles. The van der Waals surface area contributed by atoms with Crippen LogP contribution in [0.2, 0.25) is 0 Å². The molecule has 1 N–H and O–H groups in total. The van der Waals surface area contributed by atoms with Crippen LogP contribution in [0.5, 0.6) is 0 Å². The lowest BCUT2D eigenvalue weighted by Gasteiger charge is -2.07. The van der Waals surface area contributed by atoms with Crippen LogP contribution in [-0.2, 0) is 27.2 Å². The molecule has 90 valence electrons. The van der Waals surface area contributed by atoms with Crippen LogP contribution in [0.25, 0.3) is 11.5 Å². The normalized spacial score (nSPS) is 15.5. The van der Waals surface area contributed by atoms with E-state index in [1.807, 2.05) is 36.3 Å². The number of hydrogen-bond acceptors (Lipinski definition) is 4. The molecule has 2 aromatic heterocycles. The van der Waals surface area contributed by atoms with Gasteiger partial charge in [0.05, 0.1) is 30.2 Å². The fourth-order valence-corrected chi connectivity index (χ4v) is 2.36. The molecule has 0 unspecified atom stereocenters. The summed E-state index contributed by atoms with van der Waals surface area (Å²) in [5.41, 5.74) is 4.00. The first kappa shape index (κ1) is 10.5. The molecular weight excluding hydrogens is 218 g/mol. The lowest BCUT2D eigenvalue weighted by atomic mass is 10.3. The monoisotopic (exact) mass is 233 g/mol. The Morgan fingerprint density at radius 3 is 2.65 bits per heavy atom. The minimum Gasteiger partial charge on any atom is -0.328 e. The highest BCUT2D eigenvalue weighted by Gasteiger charge is 2.25. The minimum atomic E-state index is 0.500. The molecule has 0 atom stereocenters. The van der Waals surface area contributed by atoms with Crippen molar-refractivity contribution in [2.45, 2.75) is 20.0 Å². The first-order chi connectivity index (χ1) is 8.06. The van der Waals surface area contributed by atoms with E-state index < -0.39 is 0 Å². The number of aromatic nitrogens is 4. The van der Waals surface area contributed by atoms with E-state index in [0.717, 1.165) is 28.6 Å². The van der Waals surface area contributed by atoms with Gasteiger partial charge in [-0.05, 0) is 13.0 Å². The van der Waals surface area contributed by atoms with Gasteiger partial charge in [-0.3, -0.25) is 4.68 Å². The van der Waals surface area contributed by atoms with Gasteiger partial charge in [-0.15, -0.1) is 0 Å². The Labute approximate surface area is 99.1 Å². The third-order valence-electron chi connectivity index (χ3n) is 3.19. The van der Waals surface area contributed by atoms with Gasteiger partial charge in [-0.2, -0.15) is 10.2 Å². The average molecular weight is 233 g/mol. The number of rotatable bonds is 1. The van der Waals surface area contributed by atoms with E-state index in [0.29, 0.717) is 13.1 Å².